The van der Waals surface area contributed by atoms with Crippen molar-refractivity contribution in [1.82, 2.24) is 4.57 Å². The number of anilines is 3. The second kappa shape index (κ2) is 10.7. The van der Waals surface area contributed by atoms with Crippen LogP contribution in [0.4, 0.5) is 44.2 Å². The molecule has 3 amide bonds. The molecule has 3 N–H and O–H groups in total. The van der Waals surface area contributed by atoms with E-state index >= 15 is 4.39 Å². The van der Waals surface area contributed by atoms with Crippen LogP contribution in [-0.4, -0.2) is 27.5 Å². The summed E-state index contributed by atoms with van der Waals surface area (Å²) in [5.74, 6) is -0.735. The minimum Gasteiger partial charge on any atom is -0.444 e. The van der Waals surface area contributed by atoms with Crippen LogP contribution >= 0.6 is 11.6 Å². The molecule has 0 unspecified atom stereocenters. The Bertz CT molecular complexity index is 1600. The summed E-state index contributed by atoms with van der Waals surface area (Å²) in [6.07, 6.45) is -3.80. The van der Waals surface area contributed by atoms with Crippen molar-refractivity contribution in [3.8, 4) is 5.69 Å². The highest BCUT2D eigenvalue weighted by molar-refractivity contribution is 6.31. The molecule has 0 aliphatic carbocycles. The molecule has 0 radical (unpaired) electrons. The quantitative estimate of drug-likeness (QED) is 0.129. The molecule has 0 spiro atoms. The van der Waals surface area contributed by atoms with Gasteiger partial charge in [0, 0.05) is 23.0 Å². The number of carbonyl (C=O) groups is 2. The minimum atomic E-state index is -4.80. The molecule has 0 aliphatic rings. The number of alkyl halides is 3. The van der Waals surface area contributed by atoms with Gasteiger partial charge in [0.2, 0.25) is 0 Å². The van der Waals surface area contributed by atoms with E-state index in [2.05, 4.69) is 10.6 Å². The van der Waals surface area contributed by atoms with Gasteiger partial charge < -0.3 is 14.6 Å². The molecule has 0 atom stereocenters. The zero-order valence-corrected chi connectivity index (χ0v) is 22.1. The lowest BCUT2D eigenvalue weighted by atomic mass is 10.2. The lowest BCUT2D eigenvalue weighted by Gasteiger charge is -2.19. The van der Waals surface area contributed by atoms with Crippen molar-refractivity contribution in [2.45, 2.75) is 32.5 Å². The van der Waals surface area contributed by atoms with Crippen LogP contribution < -0.4 is 15.7 Å². The van der Waals surface area contributed by atoms with E-state index in [0.717, 1.165) is 18.2 Å². The number of nitrogens with zero attached hydrogens (tertiary/aromatic N) is 2. The molecule has 0 bridgehead atoms. The summed E-state index contributed by atoms with van der Waals surface area (Å²) in [4.78, 5) is 24.5. The number of ether oxygens (including phenoxy) is 1. The number of aromatic nitrogens is 1. The number of carbonyl (C=O) groups excluding carboxylic acids is 2. The van der Waals surface area contributed by atoms with Crippen LogP contribution in [0.25, 0.3) is 16.6 Å². The molecule has 0 fully saturated rings. The Labute approximate surface area is 230 Å². The summed E-state index contributed by atoms with van der Waals surface area (Å²) < 4.78 is 61.2. The maximum atomic E-state index is 15.1. The Morgan fingerprint density at radius 1 is 0.950 bits per heavy atom. The Hall–Kier alpha value is -4.29. The van der Waals surface area contributed by atoms with E-state index in [4.69, 9.17) is 16.3 Å². The van der Waals surface area contributed by atoms with Crippen molar-refractivity contribution >= 4 is 51.7 Å². The van der Waals surface area contributed by atoms with Crippen LogP contribution in [0.3, 0.4) is 0 Å². The number of nitrogens with one attached hydrogen (secondary N) is 2. The molecule has 13 heteroatoms. The fourth-order valence-electron chi connectivity index (χ4n) is 3.79. The summed E-state index contributed by atoms with van der Waals surface area (Å²) in [7, 11) is 0. The molecule has 0 saturated carbocycles. The van der Waals surface area contributed by atoms with Crippen LogP contribution in [0.5, 0.6) is 0 Å². The number of amides is 3. The molecule has 210 valence electrons. The monoisotopic (exact) mass is 578 g/mol. The van der Waals surface area contributed by atoms with Gasteiger partial charge in [-0.15, -0.1) is 0 Å². The van der Waals surface area contributed by atoms with Crippen molar-refractivity contribution < 1.29 is 37.1 Å². The van der Waals surface area contributed by atoms with Gasteiger partial charge in [-0.05, 0) is 81.4 Å². The van der Waals surface area contributed by atoms with Gasteiger partial charge in [0.1, 0.15) is 11.4 Å². The number of halogens is 5. The second-order valence-electron chi connectivity index (χ2n) is 9.66. The summed E-state index contributed by atoms with van der Waals surface area (Å²) in [5, 5.41) is 15.1. The predicted octanol–water partition coefficient (Wildman–Crippen LogP) is 8.22. The van der Waals surface area contributed by atoms with Crippen LogP contribution in [0.2, 0.25) is 5.02 Å². The molecule has 0 saturated heterocycles. The Kier molecular flexibility index (Phi) is 7.68. The smallest absolute Gasteiger partial charge is 0.417 e. The maximum Gasteiger partial charge on any atom is 0.417 e. The van der Waals surface area contributed by atoms with Crippen LogP contribution in [0.15, 0.2) is 66.9 Å². The highest BCUT2D eigenvalue weighted by atomic mass is 35.5. The number of urea groups is 1. The van der Waals surface area contributed by atoms with E-state index in [9.17, 15) is 28.0 Å². The second-order valence-corrected chi connectivity index (χ2v) is 10.1. The lowest BCUT2D eigenvalue weighted by Crippen LogP contribution is -2.32. The average molecular weight is 579 g/mol. The number of hydrogen-bond acceptors (Lipinski definition) is 4. The molecule has 0 aliphatic heterocycles. The van der Waals surface area contributed by atoms with Crippen LogP contribution in [0.1, 0.15) is 26.3 Å². The Balaban J connectivity index is 1.50. The number of hydrogen-bond donors (Lipinski definition) is 3. The largest absolute Gasteiger partial charge is 0.444 e. The molecular weight excluding hydrogens is 556 g/mol. The van der Waals surface area contributed by atoms with Gasteiger partial charge in [-0.1, -0.05) is 11.6 Å². The third-order valence-electron chi connectivity index (χ3n) is 5.49. The summed E-state index contributed by atoms with van der Waals surface area (Å²) >= 11 is 5.57. The Morgan fingerprint density at radius 3 is 2.27 bits per heavy atom. The molecule has 4 aromatic rings. The standard InChI is InChI=1S/C27H23ClF4N4O4/c1-26(2,3)40-25(38)34-16-4-8-22-15(12-16)10-11-35(22)23-9-5-17(13-21(23)29)33-24(37)36(39)18-6-7-20(28)19(14-18)27(30,31)32/h4-14,39H,1-3H3,(H,33,37)(H,34,38). The molecule has 40 heavy (non-hydrogen) atoms. The lowest BCUT2D eigenvalue weighted by molar-refractivity contribution is -0.137. The highest BCUT2D eigenvalue weighted by Gasteiger charge is 2.34. The predicted molar refractivity (Wildman–Crippen MR) is 143 cm³/mol. The van der Waals surface area contributed by atoms with E-state index in [1.54, 1.807) is 55.8 Å². The fourth-order valence-corrected chi connectivity index (χ4v) is 4.01. The summed E-state index contributed by atoms with van der Waals surface area (Å²) in [6, 6.07) is 11.7. The van der Waals surface area contributed by atoms with Crippen LogP contribution in [0, 0.1) is 5.82 Å². The van der Waals surface area contributed by atoms with Crippen molar-refractivity contribution in [3.05, 3.63) is 83.3 Å². The van der Waals surface area contributed by atoms with Crippen molar-refractivity contribution in [3.63, 3.8) is 0 Å². The summed E-state index contributed by atoms with van der Waals surface area (Å²) in [5.41, 5.74) is -1.22. The first-order valence-corrected chi connectivity index (χ1v) is 12.1. The Morgan fingerprint density at radius 2 is 1.62 bits per heavy atom. The van der Waals surface area contributed by atoms with E-state index in [1.807, 2.05) is 0 Å². The topological polar surface area (TPSA) is 95.8 Å². The number of hydroxylamine groups is 1. The van der Waals surface area contributed by atoms with Gasteiger partial charge in [0.05, 0.1) is 27.5 Å². The average Bonchev–Trinajstić information content (AvgIpc) is 3.25. The maximum absolute atomic E-state index is 15.1. The van der Waals surface area contributed by atoms with E-state index in [1.165, 1.54) is 12.1 Å². The van der Waals surface area contributed by atoms with Gasteiger partial charge >= 0.3 is 18.3 Å². The minimum absolute atomic E-state index is 0.0419. The van der Waals surface area contributed by atoms with Gasteiger partial charge in [0.15, 0.2) is 0 Å². The molecule has 3 aromatic carbocycles. The van der Waals surface area contributed by atoms with Gasteiger partial charge in [-0.2, -0.15) is 18.2 Å². The first-order valence-electron chi connectivity index (χ1n) is 11.7. The third-order valence-corrected chi connectivity index (χ3v) is 5.82. The molecular formula is C27H23ClF4N4O4. The first-order chi connectivity index (χ1) is 18.6. The van der Waals surface area contributed by atoms with Gasteiger partial charge in [0.25, 0.3) is 0 Å². The fraction of sp³-hybridized carbons (Fsp3) is 0.185. The summed E-state index contributed by atoms with van der Waals surface area (Å²) in [6.45, 7) is 5.23. The van der Waals surface area contributed by atoms with E-state index < -0.39 is 46.0 Å². The zero-order valence-electron chi connectivity index (χ0n) is 21.3. The highest BCUT2D eigenvalue weighted by Crippen LogP contribution is 2.37. The third kappa shape index (κ3) is 6.46. The van der Waals surface area contributed by atoms with Gasteiger partial charge in [-0.25, -0.2) is 14.0 Å². The molecule has 4 rings (SSSR count). The van der Waals surface area contributed by atoms with E-state index in [0.29, 0.717) is 22.7 Å². The SMILES string of the molecule is CC(C)(C)OC(=O)Nc1ccc2c(ccn2-c2ccc(NC(=O)N(O)c3ccc(Cl)c(C(F)(F)F)c3)cc2F)c1. The van der Waals surface area contributed by atoms with Crippen LogP contribution in [-0.2, 0) is 10.9 Å². The molecule has 8 nitrogen and oxygen atoms in total. The molecule has 1 heterocycles. The number of rotatable bonds is 4. The molecule has 1 aromatic heterocycles. The van der Waals surface area contributed by atoms with Crippen molar-refractivity contribution in [2.24, 2.45) is 0 Å². The van der Waals surface area contributed by atoms with E-state index in [-0.39, 0.29) is 16.4 Å². The first kappa shape index (κ1) is 28.7. The van der Waals surface area contributed by atoms with Crippen molar-refractivity contribution in [1.29, 1.82) is 0 Å². The normalized spacial score (nSPS) is 11.8. The van der Waals surface area contributed by atoms with Gasteiger partial charge in [-0.3, -0.25) is 10.5 Å². The number of benzene rings is 3. The van der Waals surface area contributed by atoms with Crippen molar-refractivity contribution in [2.75, 3.05) is 15.7 Å². The number of fused-ring (bicyclic) bond motifs is 1. The zero-order chi connectivity index (χ0) is 29.4.